The van der Waals surface area contributed by atoms with Gasteiger partial charge in [0.1, 0.15) is 0 Å². The molecule has 1 unspecified atom stereocenters. The molecule has 0 amide bonds. The number of fused-ring (bicyclic) bond motifs is 1. The lowest BCUT2D eigenvalue weighted by atomic mass is 9.87. The number of hydrogen-bond donors (Lipinski definition) is 1. The molecule has 14 heavy (non-hydrogen) atoms. The van der Waals surface area contributed by atoms with E-state index in [0.29, 0.717) is 0 Å². The molecule has 1 aliphatic carbocycles. The van der Waals surface area contributed by atoms with Gasteiger partial charge in [-0.15, -0.1) is 0 Å². The minimum atomic E-state index is -0.694. The number of aromatic nitrogens is 2. The molecular formula is C10H14N2O2. The Bertz CT molecular complexity index is 357. The van der Waals surface area contributed by atoms with Gasteiger partial charge in [0.05, 0.1) is 12.0 Å². The summed E-state index contributed by atoms with van der Waals surface area (Å²) in [7, 11) is 1.97. The van der Waals surface area contributed by atoms with Gasteiger partial charge in [0.25, 0.3) is 0 Å². The summed E-state index contributed by atoms with van der Waals surface area (Å²) in [5.74, 6) is -0.406. The summed E-state index contributed by atoms with van der Waals surface area (Å²) in [5.41, 5.74) is 2.36. The molecule has 1 aromatic heterocycles. The molecule has 0 saturated carbocycles. The van der Waals surface area contributed by atoms with Gasteiger partial charge in [-0.25, -0.2) is 4.98 Å². The Morgan fingerprint density at radius 3 is 3.29 bits per heavy atom. The van der Waals surface area contributed by atoms with Crippen molar-refractivity contribution in [3.63, 3.8) is 0 Å². The average molecular weight is 194 g/mol. The fourth-order valence-electron chi connectivity index (χ4n) is 2.11. The van der Waals surface area contributed by atoms with Gasteiger partial charge in [0.15, 0.2) is 0 Å². The van der Waals surface area contributed by atoms with E-state index in [1.165, 1.54) is 5.69 Å². The van der Waals surface area contributed by atoms with E-state index in [9.17, 15) is 4.79 Å². The minimum absolute atomic E-state index is 0.282. The Morgan fingerprint density at radius 2 is 2.57 bits per heavy atom. The fraction of sp³-hybridized carbons (Fsp3) is 0.600. The highest BCUT2D eigenvalue weighted by atomic mass is 16.4. The molecule has 0 fully saturated rings. The van der Waals surface area contributed by atoms with Crippen LogP contribution in [0.3, 0.4) is 0 Å². The van der Waals surface area contributed by atoms with E-state index in [4.69, 9.17) is 5.11 Å². The maximum absolute atomic E-state index is 10.6. The number of carboxylic acids is 1. The topological polar surface area (TPSA) is 55.1 Å². The fourth-order valence-corrected chi connectivity index (χ4v) is 2.11. The minimum Gasteiger partial charge on any atom is -0.481 e. The van der Waals surface area contributed by atoms with Crippen LogP contribution >= 0.6 is 0 Å². The third-order valence-electron chi connectivity index (χ3n) is 2.88. The van der Waals surface area contributed by atoms with Gasteiger partial charge in [0, 0.05) is 19.2 Å². The third-order valence-corrected chi connectivity index (χ3v) is 2.88. The number of aryl methyl sites for hydroxylation is 2. The van der Waals surface area contributed by atoms with Crippen molar-refractivity contribution >= 4 is 5.97 Å². The molecule has 1 heterocycles. The zero-order valence-corrected chi connectivity index (χ0v) is 8.23. The first-order valence-electron chi connectivity index (χ1n) is 4.87. The van der Waals surface area contributed by atoms with Crippen molar-refractivity contribution in [3.8, 4) is 0 Å². The predicted octanol–water partition coefficient (Wildman–Crippen LogP) is 1.000. The molecule has 1 aliphatic rings. The monoisotopic (exact) mass is 194 g/mol. The summed E-state index contributed by atoms with van der Waals surface area (Å²) in [4.78, 5) is 14.9. The van der Waals surface area contributed by atoms with Crippen LogP contribution in [0.25, 0.3) is 0 Å². The van der Waals surface area contributed by atoms with Crippen LogP contribution in [0.1, 0.15) is 24.2 Å². The molecular weight excluding hydrogens is 180 g/mol. The Labute approximate surface area is 82.6 Å². The molecule has 76 valence electrons. The summed E-state index contributed by atoms with van der Waals surface area (Å²) in [6, 6.07) is 0. The maximum Gasteiger partial charge on any atom is 0.303 e. The van der Waals surface area contributed by atoms with Gasteiger partial charge in [0.2, 0.25) is 0 Å². The lowest BCUT2D eigenvalue weighted by Crippen LogP contribution is -2.18. The molecule has 0 aromatic carbocycles. The SMILES string of the molecule is Cn1cnc2c1CC(CC(=O)O)CC2. The summed E-state index contributed by atoms with van der Waals surface area (Å²) in [5, 5.41) is 8.71. The first-order valence-corrected chi connectivity index (χ1v) is 4.87. The van der Waals surface area contributed by atoms with Crippen LogP contribution in [-0.2, 0) is 24.7 Å². The van der Waals surface area contributed by atoms with Crippen LogP contribution in [0.5, 0.6) is 0 Å². The molecule has 0 saturated heterocycles. The van der Waals surface area contributed by atoms with Gasteiger partial charge < -0.3 is 9.67 Å². The van der Waals surface area contributed by atoms with E-state index < -0.39 is 5.97 Å². The van der Waals surface area contributed by atoms with E-state index in [-0.39, 0.29) is 12.3 Å². The van der Waals surface area contributed by atoms with Gasteiger partial charge in [-0.1, -0.05) is 0 Å². The van der Waals surface area contributed by atoms with Gasteiger partial charge >= 0.3 is 5.97 Å². The van der Waals surface area contributed by atoms with E-state index in [2.05, 4.69) is 4.98 Å². The quantitative estimate of drug-likeness (QED) is 0.764. The highest BCUT2D eigenvalue weighted by Gasteiger charge is 2.23. The second-order valence-electron chi connectivity index (χ2n) is 3.96. The van der Waals surface area contributed by atoms with Crippen molar-refractivity contribution in [1.82, 2.24) is 9.55 Å². The second kappa shape index (κ2) is 3.44. The van der Waals surface area contributed by atoms with Crippen LogP contribution < -0.4 is 0 Å². The zero-order valence-electron chi connectivity index (χ0n) is 8.23. The van der Waals surface area contributed by atoms with Gasteiger partial charge in [-0.3, -0.25) is 4.79 Å². The van der Waals surface area contributed by atoms with Crippen molar-refractivity contribution in [2.24, 2.45) is 13.0 Å². The number of carboxylic acid groups (broad SMARTS) is 1. The largest absolute Gasteiger partial charge is 0.481 e. The Hall–Kier alpha value is -1.32. The van der Waals surface area contributed by atoms with Gasteiger partial charge in [-0.2, -0.15) is 0 Å². The number of imidazole rings is 1. The maximum atomic E-state index is 10.6. The predicted molar refractivity (Wildman–Crippen MR) is 51.0 cm³/mol. The molecule has 0 radical (unpaired) electrons. The molecule has 0 bridgehead atoms. The third kappa shape index (κ3) is 1.64. The number of hydrogen-bond acceptors (Lipinski definition) is 2. The van der Waals surface area contributed by atoms with E-state index in [1.54, 1.807) is 0 Å². The molecule has 0 spiro atoms. The molecule has 0 aliphatic heterocycles. The first kappa shape index (κ1) is 9.24. The van der Waals surface area contributed by atoms with Crippen molar-refractivity contribution in [1.29, 1.82) is 0 Å². The Balaban J connectivity index is 2.12. The van der Waals surface area contributed by atoms with Crippen molar-refractivity contribution in [2.45, 2.75) is 25.7 Å². The van der Waals surface area contributed by atoms with E-state index in [0.717, 1.165) is 25.0 Å². The number of carbonyl (C=O) groups is 1. The summed E-state index contributed by atoms with van der Waals surface area (Å²) in [6.45, 7) is 0. The number of aliphatic carboxylic acids is 1. The van der Waals surface area contributed by atoms with Crippen LogP contribution in [0.4, 0.5) is 0 Å². The van der Waals surface area contributed by atoms with Crippen molar-refractivity contribution in [3.05, 3.63) is 17.7 Å². The summed E-state index contributed by atoms with van der Waals surface area (Å²) < 4.78 is 2.00. The molecule has 1 atom stereocenters. The zero-order chi connectivity index (χ0) is 10.1. The molecule has 4 nitrogen and oxygen atoms in total. The molecule has 1 N–H and O–H groups in total. The highest BCUT2D eigenvalue weighted by molar-refractivity contribution is 5.67. The smallest absolute Gasteiger partial charge is 0.303 e. The average Bonchev–Trinajstić information content (AvgIpc) is 2.47. The first-order chi connectivity index (χ1) is 6.66. The van der Waals surface area contributed by atoms with Crippen LogP contribution in [0.15, 0.2) is 6.33 Å². The molecule has 1 aromatic rings. The Kier molecular flexibility index (Phi) is 2.27. The van der Waals surface area contributed by atoms with E-state index >= 15 is 0 Å². The molecule has 4 heteroatoms. The number of rotatable bonds is 2. The van der Waals surface area contributed by atoms with Crippen LogP contribution in [-0.4, -0.2) is 20.6 Å². The lowest BCUT2D eigenvalue weighted by molar-refractivity contribution is -0.138. The summed E-state index contributed by atoms with van der Waals surface area (Å²) in [6.07, 6.45) is 4.83. The van der Waals surface area contributed by atoms with Crippen molar-refractivity contribution in [2.75, 3.05) is 0 Å². The normalized spacial score (nSPS) is 20.5. The highest BCUT2D eigenvalue weighted by Crippen LogP contribution is 2.26. The van der Waals surface area contributed by atoms with Crippen LogP contribution in [0, 0.1) is 5.92 Å². The van der Waals surface area contributed by atoms with Gasteiger partial charge in [-0.05, 0) is 25.2 Å². The molecule has 2 rings (SSSR count). The number of nitrogens with zero attached hydrogens (tertiary/aromatic N) is 2. The van der Waals surface area contributed by atoms with E-state index in [1.807, 2.05) is 17.9 Å². The second-order valence-corrected chi connectivity index (χ2v) is 3.96. The summed E-state index contributed by atoms with van der Waals surface area (Å²) >= 11 is 0. The van der Waals surface area contributed by atoms with Crippen molar-refractivity contribution < 1.29 is 9.90 Å². The van der Waals surface area contributed by atoms with Crippen LogP contribution in [0.2, 0.25) is 0 Å². The Morgan fingerprint density at radius 1 is 1.79 bits per heavy atom. The lowest BCUT2D eigenvalue weighted by Gasteiger charge is -2.20. The standard InChI is InChI=1S/C10H14N2O2/c1-12-6-11-8-3-2-7(4-9(8)12)5-10(13)14/h6-7H,2-5H2,1H3,(H,13,14).